The molecule has 3 heteroatoms. The summed E-state index contributed by atoms with van der Waals surface area (Å²) in [5, 5.41) is 0. The normalized spacial score (nSPS) is 11.8. The Morgan fingerprint density at radius 3 is 2.52 bits per heavy atom. The lowest BCUT2D eigenvalue weighted by Crippen LogP contribution is -2.14. The summed E-state index contributed by atoms with van der Waals surface area (Å²) < 4.78 is 5.25. The number of ether oxygens (including phenoxy) is 1. The molecule has 0 spiro atoms. The number of rotatable bonds is 6. The lowest BCUT2D eigenvalue weighted by molar-refractivity contribution is 0.0929. The summed E-state index contributed by atoms with van der Waals surface area (Å²) >= 11 is 0. The quantitative estimate of drug-likeness (QED) is 0.608. The van der Waals surface area contributed by atoms with Crippen molar-refractivity contribution >= 4 is 5.78 Å². The fourth-order valence-electron chi connectivity index (χ4n) is 2.87. The van der Waals surface area contributed by atoms with Crippen LogP contribution in [0.2, 0.25) is 0 Å². The van der Waals surface area contributed by atoms with Gasteiger partial charge in [0.15, 0.2) is 5.78 Å². The van der Waals surface area contributed by atoms with Crippen LogP contribution in [0.15, 0.2) is 72.9 Å². The van der Waals surface area contributed by atoms with Crippen LogP contribution in [0.4, 0.5) is 0 Å². The second-order valence-corrected chi connectivity index (χ2v) is 6.11. The third-order valence-electron chi connectivity index (χ3n) is 4.25. The van der Waals surface area contributed by atoms with Gasteiger partial charge in [-0.2, -0.15) is 0 Å². The Hall–Kier alpha value is -2.94. The van der Waals surface area contributed by atoms with E-state index in [2.05, 4.69) is 4.98 Å². The van der Waals surface area contributed by atoms with Crippen molar-refractivity contribution in [3.8, 4) is 17.0 Å². The molecule has 0 aliphatic heterocycles. The van der Waals surface area contributed by atoms with Crippen LogP contribution in [0.25, 0.3) is 11.3 Å². The zero-order chi connectivity index (χ0) is 17.6. The van der Waals surface area contributed by atoms with Gasteiger partial charge < -0.3 is 4.74 Å². The molecular weight excluding hydrogens is 310 g/mol. The van der Waals surface area contributed by atoms with Crippen LogP contribution >= 0.6 is 0 Å². The predicted molar refractivity (Wildman–Crippen MR) is 99.9 cm³/mol. The number of ketones is 1. The van der Waals surface area contributed by atoms with Crippen LogP contribution in [0.1, 0.15) is 22.8 Å². The SMILES string of the molecule is COc1cccc(C[C@H](C)C(=O)c2ccc(-c3ccccn3)cc2)c1. The summed E-state index contributed by atoms with van der Waals surface area (Å²) in [6.07, 6.45) is 2.46. The maximum Gasteiger partial charge on any atom is 0.165 e. The molecule has 1 heterocycles. The molecule has 0 bridgehead atoms. The number of Topliss-reactive ketones (excluding diaryl/α,β-unsaturated/α-hetero) is 1. The van der Waals surface area contributed by atoms with Crippen molar-refractivity contribution in [1.29, 1.82) is 0 Å². The third kappa shape index (κ3) is 4.13. The van der Waals surface area contributed by atoms with Crippen molar-refractivity contribution in [3.05, 3.63) is 84.1 Å². The highest BCUT2D eigenvalue weighted by Gasteiger charge is 2.16. The fraction of sp³-hybridized carbons (Fsp3) is 0.182. The maximum absolute atomic E-state index is 12.7. The minimum Gasteiger partial charge on any atom is -0.497 e. The smallest absolute Gasteiger partial charge is 0.165 e. The number of hydrogen-bond acceptors (Lipinski definition) is 3. The topological polar surface area (TPSA) is 39.2 Å². The lowest BCUT2D eigenvalue weighted by Gasteiger charge is -2.12. The summed E-state index contributed by atoms with van der Waals surface area (Å²) in [7, 11) is 1.65. The highest BCUT2D eigenvalue weighted by atomic mass is 16.5. The molecule has 3 rings (SSSR count). The van der Waals surface area contributed by atoms with Gasteiger partial charge in [0.25, 0.3) is 0 Å². The van der Waals surface area contributed by atoms with Gasteiger partial charge in [-0.15, -0.1) is 0 Å². The Morgan fingerprint density at radius 1 is 1.04 bits per heavy atom. The molecule has 126 valence electrons. The number of pyridine rings is 1. The number of carbonyl (C=O) groups is 1. The number of hydrogen-bond donors (Lipinski definition) is 0. The molecular formula is C22H21NO2. The summed E-state index contributed by atoms with van der Waals surface area (Å²) in [4.78, 5) is 17.0. The van der Waals surface area contributed by atoms with Crippen molar-refractivity contribution < 1.29 is 9.53 Å². The van der Waals surface area contributed by atoms with E-state index < -0.39 is 0 Å². The third-order valence-corrected chi connectivity index (χ3v) is 4.25. The molecule has 0 aliphatic rings. The van der Waals surface area contributed by atoms with Gasteiger partial charge in [-0.05, 0) is 36.2 Å². The molecule has 3 aromatic rings. The van der Waals surface area contributed by atoms with E-state index >= 15 is 0 Å². The van der Waals surface area contributed by atoms with E-state index in [0.29, 0.717) is 6.42 Å². The highest BCUT2D eigenvalue weighted by molar-refractivity contribution is 5.98. The molecule has 1 aromatic heterocycles. The van der Waals surface area contributed by atoms with E-state index in [1.165, 1.54) is 0 Å². The minimum atomic E-state index is -0.0900. The Kier molecular flexibility index (Phi) is 5.24. The van der Waals surface area contributed by atoms with Crippen LogP contribution in [0.5, 0.6) is 5.75 Å². The molecule has 25 heavy (non-hydrogen) atoms. The molecule has 0 aliphatic carbocycles. The second kappa shape index (κ2) is 7.75. The number of benzene rings is 2. The van der Waals surface area contributed by atoms with E-state index in [0.717, 1.165) is 28.1 Å². The van der Waals surface area contributed by atoms with Crippen molar-refractivity contribution in [2.75, 3.05) is 7.11 Å². The average molecular weight is 331 g/mol. The Labute approximate surface area is 148 Å². The van der Waals surface area contributed by atoms with Crippen molar-refractivity contribution in [3.63, 3.8) is 0 Å². The number of aromatic nitrogens is 1. The molecule has 1 atom stereocenters. The van der Waals surface area contributed by atoms with Crippen molar-refractivity contribution in [2.24, 2.45) is 5.92 Å². The predicted octanol–water partition coefficient (Wildman–Crippen LogP) is 4.82. The molecule has 2 aromatic carbocycles. The Balaban J connectivity index is 1.71. The van der Waals surface area contributed by atoms with Crippen LogP contribution in [0, 0.1) is 5.92 Å². The van der Waals surface area contributed by atoms with E-state index in [1.54, 1.807) is 13.3 Å². The van der Waals surface area contributed by atoms with Gasteiger partial charge >= 0.3 is 0 Å². The second-order valence-electron chi connectivity index (χ2n) is 6.11. The molecule has 0 N–H and O–H groups in total. The van der Waals surface area contributed by atoms with E-state index in [9.17, 15) is 4.79 Å². The van der Waals surface area contributed by atoms with Crippen molar-refractivity contribution in [2.45, 2.75) is 13.3 Å². The van der Waals surface area contributed by atoms with Gasteiger partial charge in [-0.1, -0.05) is 49.4 Å². The van der Waals surface area contributed by atoms with Crippen molar-refractivity contribution in [1.82, 2.24) is 4.98 Å². The number of carbonyl (C=O) groups excluding carboxylic acids is 1. The van der Waals surface area contributed by atoms with Crippen LogP contribution < -0.4 is 4.74 Å². The van der Waals surface area contributed by atoms with Crippen LogP contribution in [-0.4, -0.2) is 17.9 Å². The van der Waals surface area contributed by atoms with Gasteiger partial charge in [0.2, 0.25) is 0 Å². The molecule has 3 nitrogen and oxygen atoms in total. The maximum atomic E-state index is 12.7. The molecule has 0 fully saturated rings. The van der Waals surface area contributed by atoms with Crippen LogP contribution in [0.3, 0.4) is 0 Å². The Bertz CT molecular complexity index is 841. The molecule has 0 radical (unpaired) electrons. The summed E-state index contributed by atoms with van der Waals surface area (Å²) in [5.41, 5.74) is 3.75. The van der Waals surface area contributed by atoms with Gasteiger partial charge in [-0.25, -0.2) is 0 Å². The van der Waals surface area contributed by atoms with Gasteiger partial charge in [0, 0.05) is 23.2 Å². The average Bonchev–Trinajstić information content (AvgIpc) is 2.68. The first-order valence-electron chi connectivity index (χ1n) is 8.36. The first kappa shape index (κ1) is 16.9. The summed E-state index contributed by atoms with van der Waals surface area (Å²) in [5.74, 6) is 0.875. The van der Waals surface area contributed by atoms with Gasteiger partial charge in [-0.3, -0.25) is 9.78 Å². The fourth-order valence-corrected chi connectivity index (χ4v) is 2.87. The standard InChI is InChI=1S/C22H21NO2/c1-16(14-17-6-5-7-20(15-17)25-2)22(24)19-11-9-18(10-12-19)21-8-3-4-13-23-21/h3-13,15-16H,14H2,1-2H3/t16-/m0/s1. The van der Waals surface area contributed by atoms with Gasteiger partial charge in [0.1, 0.15) is 5.75 Å². The minimum absolute atomic E-state index is 0.0900. The number of nitrogens with zero attached hydrogens (tertiary/aromatic N) is 1. The van der Waals surface area contributed by atoms with Gasteiger partial charge in [0.05, 0.1) is 12.8 Å². The summed E-state index contributed by atoms with van der Waals surface area (Å²) in [6.45, 7) is 1.97. The Morgan fingerprint density at radius 2 is 1.84 bits per heavy atom. The molecule has 0 saturated heterocycles. The lowest BCUT2D eigenvalue weighted by atomic mass is 9.92. The first-order valence-corrected chi connectivity index (χ1v) is 8.36. The van der Waals surface area contributed by atoms with E-state index in [1.807, 2.05) is 73.7 Å². The molecule has 0 saturated carbocycles. The first-order chi connectivity index (χ1) is 12.2. The van der Waals surface area contributed by atoms with E-state index in [-0.39, 0.29) is 11.7 Å². The zero-order valence-corrected chi connectivity index (χ0v) is 14.5. The molecule has 0 amide bonds. The number of methoxy groups -OCH3 is 1. The summed E-state index contributed by atoms with van der Waals surface area (Å²) in [6, 6.07) is 21.3. The van der Waals surface area contributed by atoms with E-state index in [4.69, 9.17) is 4.74 Å². The van der Waals surface area contributed by atoms with Crippen LogP contribution in [-0.2, 0) is 6.42 Å². The highest BCUT2D eigenvalue weighted by Crippen LogP contribution is 2.21. The largest absolute Gasteiger partial charge is 0.497 e. The zero-order valence-electron chi connectivity index (χ0n) is 14.5. The monoisotopic (exact) mass is 331 g/mol. The molecule has 0 unspecified atom stereocenters.